The van der Waals surface area contributed by atoms with E-state index in [2.05, 4.69) is 17.0 Å². The number of carbonyl (C=O) groups is 2. The van der Waals surface area contributed by atoms with Crippen molar-refractivity contribution in [3.05, 3.63) is 30.4 Å². The van der Waals surface area contributed by atoms with E-state index < -0.39 is 0 Å². The summed E-state index contributed by atoms with van der Waals surface area (Å²) < 4.78 is 1.65. The highest BCUT2D eigenvalue weighted by atomic mass is 16.2. The molecule has 0 aliphatic carbocycles. The summed E-state index contributed by atoms with van der Waals surface area (Å²) in [6.45, 7) is 3.49. The topological polar surface area (TPSA) is 66.7 Å². The Morgan fingerprint density at radius 1 is 1.67 bits per heavy atom. The molecule has 0 spiro atoms. The predicted molar refractivity (Wildman–Crippen MR) is 70.7 cm³/mol. The van der Waals surface area contributed by atoms with Gasteiger partial charge in [0.25, 0.3) is 0 Å². The Kier molecular flexibility index (Phi) is 4.86. The van der Waals surface area contributed by atoms with Crippen molar-refractivity contribution in [2.24, 2.45) is 12.0 Å². The van der Waals surface area contributed by atoms with Gasteiger partial charge in [0, 0.05) is 32.7 Å². The van der Waals surface area contributed by atoms with E-state index in [1.54, 1.807) is 42.0 Å². The summed E-state index contributed by atoms with van der Waals surface area (Å²) in [4.78, 5) is 27.5. The summed E-state index contributed by atoms with van der Waals surface area (Å²) in [5, 5.41) is 2.70. The molecule has 0 saturated carbocycles. The molecule has 0 bridgehead atoms. The molecule has 1 amide bonds. The largest absolute Gasteiger partial charge is 0.370 e. The van der Waals surface area contributed by atoms with E-state index in [9.17, 15) is 9.59 Å². The zero-order chi connectivity index (χ0) is 13.5. The van der Waals surface area contributed by atoms with Crippen LogP contribution in [0.1, 0.15) is 10.5 Å². The van der Waals surface area contributed by atoms with Crippen LogP contribution in [0.4, 0.5) is 5.69 Å². The number of aryl methyl sites for hydroxylation is 1. The predicted octanol–water partition coefficient (Wildman–Crippen LogP) is 0.880. The number of aromatic nitrogens is 1. The molecule has 0 fully saturated rings. The fourth-order valence-corrected chi connectivity index (χ4v) is 1.41. The number of hydrogen-bond donors (Lipinski definition) is 1. The van der Waals surface area contributed by atoms with Crippen LogP contribution >= 0.6 is 0 Å². The number of rotatable bonds is 6. The average Bonchev–Trinajstić information content (AvgIpc) is 2.66. The summed E-state index contributed by atoms with van der Waals surface area (Å²) in [5.41, 5.74) is 1.11. The van der Waals surface area contributed by atoms with Crippen LogP contribution in [0.5, 0.6) is 0 Å². The molecule has 0 aliphatic heterocycles. The molecule has 1 aromatic rings. The second-order valence-corrected chi connectivity index (χ2v) is 3.83. The first-order chi connectivity index (χ1) is 8.56. The maximum absolute atomic E-state index is 11.7. The molecule has 6 nitrogen and oxygen atoms in total. The minimum atomic E-state index is -0.172. The van der Waals surface area contributed by atoms with E-state index in [0.29, 0.717) is 11.4 Å². The van der Waals surface area contributed by atoms with Crippen molar-refractivity contribution < 1.29 is 9.59 Å². The lowest BCUT2D eigenvalue weighted by Gasteiger charge is -2.12. The molecular weight excluding hydrogens is 232 g/mol. The summed E-state index contributed by atoms with van der Waals surface area (Å²) >= 11 is 0. The number of amides is 1. The summed E-state index contributed by atoms with van der Waals surface area (Å²) in [6.07, 6.45) is 5.57. The molecule has 0 unspecified atom stereocenters. The Hall–Kier alpha value is -2.37. The van der Waals surface area contributed by atoms with Crippen molar-refractivity contribution in [1.29, 1.82) is 0 Å². The third-order valence-corrected chi connectivity index (χ3v) is 2.27. The van der Waals surface area contributed by atoms with Crippen LogP contribution in [0.25, 0.3) is 0 Å². The third-order valence-electron chi connectivity index (χ3n) is 2.27. The summed E-state index contributed by atoms with van der Waals surface area (Å²) in [5.74, 6) is -0.172. The van der Waals surface area contributed by atoms with Crippen LogP contribution in [0.2, 0.25) is 0 Å². The molecule has 1 aromatic heterocycles. The third kappa shape index (κ3) is 3.89. The van der Waals surface area contributed by atoms with E-state index in [1.165, 1.54) is 6.20 Å². The number of carbonyl (C=O) groups excluding carboxylic acids is 2. The smallest absolute Gasteiger partial charge is 0.243 e. The second-order valence-electron chi connectivity index (χ2n) is 3.83. The first kappa shape index (κ1) is 13.7. The second kappa shape index (κ2) is 6.39. The first-order valence-corrected chi connectivity index (χ1v) is 5.31. The van der Waals surface area contributed by atoms with Crippen LogP contribution in [-0.2, 0) is 11.8 Å². The standard InChI is InChI=1S/C12H16N4O2/c1-13-4-5-15(2)8-12(18)14-10-6-11(9-17)16(3)7-10/h4-7,9H,1,8H2,2-3H3,(H,14,18)/b5-4-. The van der Waals surface area contributed by atoms with Gasteiger partial charge in [-0.2, -0.15) is 0 Å². The number of hydrogen-bond acceptors (Lipinski definition) is 4. The zero-order valence-electron chi connectivity index (χ0n) is 10.5. The van der Waals surface area contributed by atoms with Gasteiger partial charge in [0.05, 0.1) is 17.9 Å². The van der Waals surface area contributed by atoms with Gasteiger partial charge in [-0.25, -0.2) is 0 Å². The van der Waals surface area contributed by atoms with Crippen LogP contribution in [0.15, 0.2) is 29.7 Å². The van der Waals surface area contributed by atoms with Gasteiger partial charge in [-0.05, 0) is 12.8 Å². The van der Waals surface area contributed by atoms with Gasteiger partial charge in [0.2, 0.25) is 5.91 Å². The van der Waals surface area contributed by atoms with Crippen molar-refractivity contribution in [2.75, 3.05) is 18.9 Å². The minimum absolute atomic E-state index is 0.172. The van der Waals surface area contributed by atoms with Crippen molar-refractivity contribution in [3.63, 3.8) is 0 Å². The van der Waals surface area contributed by atoms with Gasteiger partial charge in [-0.3, -0.25) is 14.6 Å². The maximum Gasteiger partial charge on any atom is 0.243 e. The van der Waals surface area contributed by atoms with E-state index in [4.69, 9.17) is 0 Å². The lowest BCUT2D eigenvalue weighted by molar-refractivity contribution is -0.116. The molecule has 0 aliphatic rings. The molecule has 6 heteroatoms. The molecule has 96 valence electrons. The molecule has 0 radical (unpaired) electrons. The highest BCUT2D eigenvalue weighted by molar-refractivity contribution is 5.93. The number of aldehydes is 1. The van der Waals surface area contributed by atoms with E-state index in [1.807, 2.05) is 0 Å². The maximum atomic E-state index is 11.7. The molecule has 0 aromatic carbocycles. The lowest BCUT2D eigenvalue weighted by Crippen LogP contribution is -2.26. The molecule has 0 saturated heterocycles. The van der Waals surface area contributed by atoms with Crippen LogP contribution in [-0.4, -0.2) is 42.0 Å². The number of nitrogens with one attached hydrogen (secondary N) is 1. The normalized spacial score (nSPS) is 10.3. The Labute approximate surface area is 106 Å². The van der Waals surface area contributed by atoms with Gasteiger partial charge in [-0.15, -0.1) is 0 Å². The minimum Gasteiger partial charge on any atom is -0.370 e. The highest BCUT2D eigenvalue weighted by Crippen LogP contribution is 2.10. The van der Waals surface area contributed by atoms with Crippen LogP contribution in [0.3, 0.4) is 0 Å². The van der Waals surface area contributed by atoms with Gasteiger partial charge in [-0.1, -0.05) is 0 Å². The van der Waals surface area contributed by atoms with E-state index >= 15 is 0 Å². The number of likely N-dealkylation sites (N-methyl/N-ethyl adjacent to an activating group) is 1. The monoisotopic (exact) mass is 248 g/mol. The fourth-order valence-electron chi connectivity index (χ4n) is 1.41. The number of nitrogens with zero attached hydrogens (tertiary/aromatic N) is 3. The molecule has 1 heterocycles. The summed E-state index contributed by atoms with van der Waals surface area (Å²) in [7, 11) is 3.49. The van der Waals surface area contributed by atoms with Crippen molar-refractivity contribution in [3.8, 4) is 0 Å². The van der Waals surface area contributed by atoms with Crippen molar-refractivity contribution >= 4 is 24.6 Å². The van der Waals surface area contributed by atoms with Gasteiger partial charge in [0.1, 0.15) is 0 Å². The molecule has 0 atom stereocenters. The molecular formula is C12H16N4O2. The average molecular weight is 248 g/mol. The highest BCUT2D eigenvalue weighted by Gasteiger charge is 2.07. The lowest BCUT2D eigenvalue weighted by atomic mass is 10.4. The Morgan fingerprint density at radius 2 is 2.39 bits per heavy atom. The SMILES string of the molecule is C=N/C=C\N(C)CC(=O)Nc1cc(C=O)n(C)c1. The van der Waals surface area contributed by atoms with E-state index in [0.717, 1.165) is 6.29 Å². The van der Waals surface area contributed by atoms with Gasteiger partial charge >= 0.3 is 0 Å². The number of anilines is 1. The van der Waals surface area contributed by atoms with Crippen molar-refractivity contribution in [2.45, 2.75) is 0 Å². The molecule has 1 rings (SSSR count). The van der Waals surface area contributed by atoms with E-state index in [-0.39, 0.29) is 12.5 Å². The summed E-state index contributed by atoms with van der Waals surface area (Å²) in [6, 6.07) is 1.62. The number of aliphatic imine (C=N–C) groups is 1. The van der Waals surface area contributed by atoms with Crippen LogP contribution in [0, 0.1) is 0 Å². The Bertz CT molecular complexity index is 476. The molecule has 1 N–H and O–H groups in total. The Balaban J connectivity index is 2.56. The molecule has 18 heavy (non-hydrogen) atoms. The van der Waals surface area contributed by atoms with Crippen LogP contribution < -0.4 is 5.32 Å². The first-order valence-electron chi connectivity index (χ1n) is 5.31. The zero-order valence-corrected chi connectivity index (χ0v) is 10.5. The van der Waals surface area contributed by atoms with Crippen molar-refractivity contribution in [1.82, 2.24) is 9.47 Å². The fraction of sp³-hybridized carbons (Fsp3) is 0.250. The Morgan fingerprint density at radius 3 is 2.94 bits per heavy atom. The van der Waals surface area contributed by atoms with Gasteiger partial charge in [0.15, 0.2) is 6.29 Å². The quantitative estimate of drug-likeness (QED) is 0.600. The van der Waals surface area contributed by atoms with Gasteiger partial charge < -0.3 is 14.8 Å².